The van der Waals surface area contributed by atoms with Gasteiger partial charge in [-0.1, -0.05) is 54.6 Å². The fourth-order valence-electron chi connectivity index (χ4n) is 3.28. The largest absolute Gasteiger partial charge is 0.394 e. The van der Waals surface area contributed by atoms with E-state index in [1.165, 1.54) is 11.1 Å². The van der Waals surface area contributed by atoms with Crippen molar-refractivity contribution in [2.75, 3.05) is 6.54 Å². The van der Waals surface area contributed by atoms with Gasteiger partial charge in [0.05, 0.1) is 17.5 Å². The van der Waals surface area contributed by atoms with Crippen LogP contribution >= 0.6 is 0 Å². The third-order valence-corrected chi connectivity index (χ3v) is 4.64. The fourth-order valence-corrected chi connectivity index (χ4v) is 3.28. The second-order valence-electron chi connectivity index (χ2n) is 6.22. The van der Waals surface area contributed by atoms with Crippen molar-refractivity contribution in [3.8, 4) is 0 Å². The Kier molecular flexibility index (Phi) is 5.27. The van der Waals surface area contributed by atoms with E-state index in [9.17, 15) is 4.79 Å². The van der Waals surface area contributed by atoms with Crippen LogP contribution in [-0.2, 0) is 11.2 Å². The fraction of sp³-hybridized carbons (Fsp3) is 0.190. The highest BCUT2D eigenvalue weighted by atomic mass is 16.2. The highest BCUT2D eigenvalue weighted by Crippen LogP contribution is 2.29. The van der Waals surface area contributed by atoms with Gasteiger partial charge in [-0.15, -0.1) is 0 Å². The normalized spacial score (nSPS) is 17.6. The van der Waals surface area contributed by atoms with Crippen molar-refractivity contribution in [1.29, 1.82) is 0 Å². The van der Waals surface area contributed by atoms with Gasteiger partial charge in [0.15, 0.2) is 0 Å². The number of benzene rings is 2. The van der Waals surface area contributed by atoms with E-state index in [0.717, 1.165) is 12.0 Å². The summed E-state index contributed by atoms with van der Waals surface area (Å²) in [5.74, 6) is -0.195. The van der Waals surface area contributed by atoms with E-state index in [1.54, 1.807) is 11.0 Å². The molecule has 0 fully saturated rings. The van der Waals surface area contributed by atoms with E-state index >= 15 is 0 Å². The smallest absolute Gasteiger partial charge is 0.270 e. The van der Waals surface area contributed by atoms with Crippen molar-refractivity contribution in [3.05, 3.63) is 83.1 Å². The van der Waals surface area contributed by atoms with E-state index < -0.39 is 0 Å². The average molecular weight is 346 g/mol. The summed E-state index contributed by atoms with van der Waals surface area (Å²) in [6.45, 7) is 6.07. The molecule has 1 heterocycles. The van der Waals surface area contributed by atoms with E-state index in [0.29, 0.717) is 12.3 Å². The molecule has 0 unspecified atom stereocenters. The molecule has 0 bridgehead atoms. The van der Waals surface area contributed by atoms with Gasteiger partial charge < -0.3 is 10.6 Å². The van der Waals surface area contributed by atoms with Crippen LogP contribution in [0.15, 0.2) is 76.6 Å². The zero-order chi connectivity index (χ0) is 18.5. The quantitative estimate of drug-likeness (QED) is 0.525. The predicted molar refractivity (Wildman–Crippen MR) is 105 cm³/mol. The van der Waals surface area contributed by atoms with Gasteiger partial charge in [0, 0.05) is 18.8 Å². The minimum Gasteiger partial charge on any atom is -0.394 e. The van der Waals surface area contributed by atoms with Crippen molar-refractivity contribution >= 4 is 18.3 Å². The number of rotatable bonds is 4. The first-order valence-electron chi connectivity index (χ1n) is 8.57. The number of carbonyl (C=O) groups excluding carboxylic acids is 1. The Balaban J connectivity index is 1.86. The number of carbonyl (C=O) groups is 1. The van der Waals surface area contributed by atoms with Gasteiger partial charge in [0.25, 0.3) is 5.91 Å². The third-order valence-electron chi connectivity index (χ3n) is 4.64. The van der Waals surface area contributed by atoms with Crippen molar-refractivity contribution in [2.24, 2.45) is 15.9 Å². The number of amides is 1. The number of hydrogen-bond acceptors (Lipinski definition) is 4. The Morgan fingerprint density at radius 3 is 2.62 bits per heavy atom. The second-order valence-corrected chi connectivity index (χ2v) is 6.22. The lowest BCUT2D eigenvalue weighted by molar-refractivity contribution is -0.129. The van der Waals surface area contributed by atoms with Gasteiger partial charge in [0.2, 0.25) is 0 Å². The topological polar surface area (TPSA) is 71.0 Å². The molecular weight excluding hydrogens is 324 g/mol. The van der Waals surface area contributed by atoms with Gasteiger partial charge in [-0.25, -0.2) is 0 Å². The van der Waals surface area contributed by atoms with Gasteiger partial charge >= 0.3 is 0 Å². The summed E-state index contributed by atoms with van der Waals surface area (Å²) in [7, 11) is 0. The summed E-state index contributed by atoms with van der Waals surface area (Å²) in [6, 6.07) is 17.7. The zero-order valence-corrected chi connectivity index (χ0v) is 14.8. The SMILES string of the molecule is C=N/N=C(/C=C(\N)C(=O)N1CCc2ccccc2[C@H]1C)c1ccccc1. The molecule has 0 saturated carbocycles. The lowest BCUT2D eigenvalue weighted by Crippen LogP contribution is -2.41. The minimum atomic E-state index is -0.195. The van der Waals surface area contributed by atoms with E-state index in [-0.39, 0.29) is 17.6 Å². The van der Waals surface area contributed by atoms with Crippen molar-refractivity contribution in [3.63, 3.8) is 0 Å². The molecule has 0 spiro atoms. The van der Waals surface area contributed by atoms with E-state index in [2.05, 4.69) is 29.1 Å². The summed E-state index contributed by atoms with van der Waals surface area (Å²) in [4.78, 5) is 14.7. The highest BCUT2D eigenvalue weighted by molar-refractivity contribution is 6.12. The lowest BCUT2D eigenvalue weighted by Gasteiger charge is -2.35. The molecule has 1 aliphatic heterocycles. The molecule has 0 radical (unpaired) electrons. The first-order valence-corrected chi connectivity index (χ1v) is 8.57. The maximum absolute atomic E-state index is 12.9. The van der Waals surface area contributed by atoms with Gasteiger partial charge in [0.1, 0.15) is 0 Å². The number of nitrogens with two attached hydrogens (primary N) is 1. The lowest BCUT2D eigenvalue weighted by atomic mass is 9.93. The van der Waals surface area contributed by atoms with Crippen molar-refractivity contribution in [2.45, 2.75) is 19.4 Å². The summed E-state index contributed by atoms with van der Waals surface area (Å²) in [5.41, 5.74) is 10.1. The van der Waals surface area contributed by atoms with Crippen LogP contribution in [0.1, 0.15) is 29.7 Å². The van der Waals surface area contributed by atoms with Crippen LogP contribution in [0.4, 0.5) is 0 Å². The Hall–Kier alpha value is -3.21. The third kappa shape index (κ3) is 3.57. The van der Waals surface area contributed by atoms with Crippen LogP contribution in [0.3, 0.4) is 0 Å². The maximum Gasteiger partial charge on any atom is 0.270 e. The van der Waals surface area contributed by atoms with Crippen LogP contribution in [-0.4, -0.2) is 29.8 Å². The molecule has 5 heteroatoms. The number of allylic oxidation sites excluding steroid dienone is 1. The molecule has 3 rings (SSSR count). The molecule has 1 aliphatic rings. The molecule has 2 aromatic carbocycles. The first-order chi connectivity index (χ1) is 12.6. The maximum atomic E-state index is 12.9. The summed E-state index contributed by atoms with van der Waals surface area (Å²) < 4.78 is 0. The van der Waals surface area contributed by atoms with Crippen LogP contribution in [0.2, 0.25) is 0 Å². The summed E-state index contributed by atoms with van der Waals surface area (Å²) in [5, 5.41) is 7.62. The van der Waals surface area contributed by atoms with Crippen LogP contribution in [0.25, 0.3) is 0 Å². The number of fused-ring (bicyclic) bond motifs is 1. The van der Waals surface area contributed by atoms with E-state index in [4.69, 9.17) is 5.73 Å². The van der Waals surface area contributed by atoms with Gasteiger partial charge in [-0.2, -0.15) is 10.2 Å². The van der Waals surface area contributed by atoms with Crippen LogP contribution in [0.5, 0.6) is 0 Å². The molecule has 0 aromatic heterocycles. The molecule has 0 saturated heterocycles. The van der Waals surface area contributed by atoms with Crippen LogP contribution < -0.4 is 5.73 Å². The van der Waals surface area contributed by atoms with Gasteiger partial charge in [-0.3, -0.25) is 4.79 Å². The molecule has 1 amide bonds. The standard InChI is InChI=1S/C21H22N4O/c1-15-18-11-7-6-8-16(18)12-13-25(15)21(26)19(22)14-20(24-23-2)17-9-4-3-5-10-17/h3-11,14-15H,2,12-13,22H2,1H3/b19-14-,24-20-/t15-/m1/s1. The average Bonchev–Trinajstić information content (AvgIpc) is 2.68. The Labute approximate surface area is 153 Å². The molecule has 26 heavy (non-hydrogen) atoms. The first kappa shape index (κ1) is 17.6. The molecule has 2 aromatic rings. The number of hydrogen-bond donors (Lipinski definition) is 1. The molecular formula is C21H22N4O. The molecule has 132 valence electrons. The summed E-state index contributed by atoms with van der Waals surface area (Å²) >= 11 is 0. The zero-order valence-electron chi connectivity index (χ0n) is 14.8. The Morgan fingerprint density at radius 1 is 1.19 bits per heavy atom. The Morgan fingerprint density at radius 2 is 1.88 bits per heavy atom. The van der Waals surface area contributed by atoms with E-state index in [1.807, 2.05) is 49.4 Å². The predicted octanol–water partition coefficient (Wildman–Crippen LogP) is 3.08. The highest BCUT2D eigenvalue weighted by Gasteiger charge is 2.28. The molecule has 5 nitrogen and oxygen atoms in total. The Bertz CT molecular complexity index is 871. The van der Waals surface area contributed by atoms with Crippen LogP contribution in [0, 0.1) is 0 Å². The van der Waals surface area contributed by atoms with Crippen molar-refractivity contribution < 1.29 is 4.79 Å². The minimum absolute atomic E-state index is 0.0194. The second kappa shape index (κ2) is 7.78. The molecule has 0 aliphatic carbocycles. The molecule has 2 N–H and O–H groups in total. The monoisotopic (exact) mass is 346 g/mol. The molecule has 1 atom stereocenters. The van der Waals surface area contributed by atoms with Gasteiger partial charge in [-0.05, 0) is 30.5 Å². The van der Waals surface area contributed by atoms with Crippen molar-refractivity contribution in [1.82, 2.24) is 4.90 Å². The number of nitrogens with zero attached hydrogens (tertiary/aromatic N) is 3. The summed E-state index contributed by atoms with van der Waals surface area (Å²) in [6.07, 6.45) is 2.40.